The molecule has 0 aliphatic heterocycles. The van der Waals surface area contributed by atoms with Crippen LogP contribution in [0.3, 0.4) is 0 Å². The number of para-hydroxylation sites is 1. The number of hydrogen-bond acceptors (Lipinski definition) is 1. The number of hydrogen-bond donors (Lipinski definition) is 2. The first kappa shape index (κ1) is 15.4. The summed E-state index contributed by atoms with van der Waals surface area (Å²) >= 11 is 0. The van der Waals surface area contributed by atoms with Gasteiger partial charge in [-0.1, -0.05) is 25.1 Å². The highest BCUT2D eigenvalue weighted by Gasteiger charge is 2.03. The van der Waals surface area contributed by atoms with Crippen molar-refractivity contribution in [1.29, 1.82) is 0 Å². The molecule has 0 amide bonds. The Morgan fingerprint density at radius 2 is 2.10 bits per heavy atom. The Bertz CT molecular complexity index is 585. The van der Waals surface area contributed by atoms with E-state index in [9.17, 15) is 0 Å². The van der Waals surface area contributed by atoms with Gasteiger partial charge < -0.3 is 15.2 Å². The lowest BCUT2D eigenvalue weighted by Gasteiger charge is -2.16. The third-order valence-electron chi connectivity index (χ3n) is 3.77. The molecule has 0 saturated heterocycles. The first-order valence-corrected chi connectivity index (χ1v) is 7.75. The Morgan fingerprint density at radius 3 is 2.86 bits per heavy atom. The average Bonchev–Trinajstić information content (AvgIpc) is 2.93. The number of nitrogens with one attached hydrogen (secondary N) is 2. The van der Waals surface area contributed by atoms with Crippen molar-refractivity contribution in [1.82, 2.24) is 15.2 Å². The van der Waals surface area contributed by atoms with E-state index < -0.39 is 0 Å². The van der Waals surface area contributed by atoms with E-state index >= 15 is 0 Å². The summed E-state index contributed by atoms with van der Waals surface area (Å²) in [5, 5.41) is 8.05. The van der Waals surface area contributed by atoms with E-state index in [2.05, 4.69) is 70.6 Å². The second-order valence-corrected chi connectivity index (χ2v) is 5.37. The van der Waals surface area contributed by atoms with Gasteiger partial charge >= 0.3 is 0 Å². The lowest BCUT2D eigenvalue weighted by Crippen LogP contribution is -2.42. The van der Waals surface area contributed by atoms with Crippen LogP contribution in [0.1, 0.15) is 26.7 Å². The third-order valence-corrected chi connectivity index (χ3v) is 3.77. The van der Waals surface area contributed by atoms with Gasteiger partial charge in [-0.3, -0.25) is 4.99 Å². The second kappa shape index (κ2) is 7.72. The van der Waals surface area contributed by atoms with Crippen LogP contribution < -0.4 is 10.6 Å². The molecule has 2 rings (SSSR count). The molecule has 1 aromatic heterocycles. The van der Waals surface area contributed by atoms with Crippen LogP contribution in [-0.2, 0) is 6.54 Å². The summed E-state index contributed by atoms with van der Waals surface area (Å²) in [6, 6.07) is 11.1. The number of nitrogens with zero attached hydrogens (tertiary/aromatic N) is 2. The van der Waals surface area contributed by atoms with Gasteiger partial charge in [-0.05, 0) is 37.3 Å². The van der Waals surface area contributed by atoms with E-state index in [4.69, 9.17) is 0 Å². The van der Waals surface area contributed by atoms with E-state index in [0.717, 1.165) is 31.9 Å². The van der Waals surface area contributed by atoms with E-state index in [1.807, 2.05) is 7.05 Å². The normalized spacial score (nSPS) is 13.4. The highest BCUT2D eigenvalue weighted by molar-refractivity contribution is 5.80. The topological polar surface area (TPSA) is 41.4 Å². The zero-order chi connectivity index (χ0) is 15.1. The minimum Gasteiger partial charge on any atom is -0.356 e. The smallest absolute Gasteiger partial charge is 0.191 e. The summed E-state index contributed by atoms with van der Waals surface area (Å²) in [4.78, 5) is 4.25. The number of guanidine groups is 1. The molecule has 0 radical (unpaired) electrons. The predicted octanol–water partition coefficient (Wildman–Crippen LogP) is 2.99. The number of aryl methyl sites for hydroxylation is 1. The summed E-state index contributed by atoms with van der Waals surface area (Å²) < 4.78 is 2.31. The number of benzene rings is 1. The van der Waals surface area contributed by atoms with Gasteiger partial charge in [0.1, 0.15) is 0 Å². The minimum atomic E-state index is 0.449. The molecule has 4 heteroatoms. The average molecular weight is 286 g/mol. The van der Waals surface area contributed by atoms with Crippen molar-refractivity contribution >= 4 is 16.9 Å². The molecule has 0 saturated carbocycles. The van der Waals surface area contributed by atoms with Crippen LogP contribution >= 0.6 is 0 Å². The SMILES string of the molecule is CCC(C)NC(=NC)NCCCn1ccc2ccccc21. The Kier molecular flexibility index (Phi) is 5.67. The molecule has 114 valence electrons. The standard InChI is InChI=1S/C17H26N4/c1-4-14(2)20-17(18-3)19-11-7-12-21-13-10-15-8-5-6-9-16(15)21/h5-6,8-10,13-14H,4,7,11-12H2,1-3H3,(H2,18,19,20). The fourth-order valence-corrected chi connectivity index (χ4v) is 2.32. The molecule has 1 atom stereocenters. The zero-order valence-corrected chi connectivity index (χ0v) is 13.3. The van der Waals surface area contributed by atoms with Crippen molar-refractivity contribution in [3.05, 3.63) is 36.5 Å². The fraction of sp³-hybridized carbons (Fsp3) is 0.471. The summed E-state index contributed by atoms with van der Waals surface area (Å²) in [5.74, 6) is 0.890. The van der Waals surface area contributed by atoms with Crippen molar-refractivity contribution < 1.29 is 0 Å². The fourth-order valence-electron chi connectivity index (χ4n) is 2.32. The van der Waals surface area contributed by atoms with Gasteiger partial charge in [0.2, 0.25) is 0 Å². The molecule has 1 aromatic carbocycles. The monoisotopic (exact) mass is 286 g/mol. The van der Waals surface area contributed by atoms with Crippen molar-refractivity contribution in [3.8, 4) is 0 Å². The van der Waals surface area contributed by atoms with Crippen LogP contribution in [0.2, 0.25) is 0 Å². The Hall–Kier alpha value is -1.97. The molecule has 21 heavy (non-hydrogen) atoms. The van der Waals surface area contributed by atoms with Gasteiger partial charge in [-0.2, -0.15) is 0 Å². The maximum absolute atomic E-state index is 4.25. The van der Waals surface area contributed by atoms with Gasteiger partial charge in [0.25, 0.3) is 0 Å². The molecule has 0 spiro atoms. The summed E-state index contributed by atoms with van der Waals surface area (Å²) in [6.45, 7) is 6.27. The zero-order valence-electron chi connectivity index (χ0n) is 13.3. The van der Waals surface area contributed by atoms with Crippen molar-refractivity contribution in [3.63, 3.8) is 0 Å². The van der Waals surface area contributed by atoms with Crippen molar-refractivity contribution in [2.45, 2.75) is 39.3 Å². The quantitative estimate of drug-likeness (QED) is 0.487. The Labute approximate surface area is 127 Å². The van der Waals surface area contributed by atoms with Crippen LogP contribution in [0, 0.1) is 0 Å². The van der Waals surface area contributed by atoms with E-state index in [1.54, 1.807) is 0 Å². The molecule has 0 fully saturated rings. The molecule has 4 nitrogen and oxygen atoms in total. The molecular formula is C17H26N4. The molecule has 1 unspecified atom stereocenters. The van der Waals surface area contributed by atoms with Crippen LogP contribution in [0.25, 0.3) is 10.9 Å². The van der Waals surface area contributed by atoms with E-state index in [-0.39, 0.29) is 0 Å². The second-order valence-electron chi connectivity index (χ2n) is 5.37. The molecule has 0 aliphatic rings. The van der Waals surface area contributed by atoms with Crippen molar-refractivity contribution in [2.24, 2.45) is 4.99 Å². The van der Waals surface area contributed by atoms with Crippen LogP contribution in [0.4, 0.5) is 0 Å². The van der Waals surface area contributed by atoms with Crippen LogP contribution in [-0.4, -0.2) is 30.2 Å². The summed E-state index contributed by atoms with van der Waals surface area (Å²) in [5.41, 5.74) is 1.31. The number of fused-ring (bicyclic) bond motifs is 1. The minimum absolute atomic E-state index is 0.449. The van der Waals surface area contributed by atoms with E-state index in [0.29, 0.717) is 6.04 Å². The maximum Gasteiger partial charge on any atom is 0.191 e. The third kappa shape index (κ3) is 4.25. The molecule has 2 aromatic rings. The molecular weight excluding hydrogens is 260 g/mol. The molecule has 0 bridgehead atoms. The van der Waals surface area contributed by atoms with Crippen LogP contribution in [0.5, 0.6) is 0 Å². The molecule has 2 N–H and O–H groups in total. The van der Waals surface area contributed by atoms with Gasteiger partial charge in [0, 0.05) is 37.9 Å². The molecule has 0 aliphatic carbocycles. The largest absolute Gasteiger partial charge is 0.356 e. The lowest BCUT2D eigenvalue weighted by molar-refractivity contribution is 0.606. The number of rotatable bonds is 6. The number of aromatic nitrogens is 1. The first-order valence-electron chi connectivity index (χ1n) is 7.75. The highest BCUT2D eigenvalue weighted by atomic mass is 15.2. The number of aliphatic imine (C=N–C) groups is 1. The van der Waals surface area contributed by atoms with Gasteiger partial charge in [-0.15, -0.1) is 0 Å². The maximum atomic E-state index is 4.25. The Morgan fingerprint density at radius 1 is 1.29 bits per heavy atom. The predicted molar refractivity (Wildman–Crippen MR) is 90.8 cm³/mol. The lowest BCUT2D eigenvalue weighted by atomic mass is 10.2. The van der Waals surface area contributed by atoms with Crippen molar-refractivity contribution in [2.75, 3.05) is 13.6 Å². The summed E-state index contributed by atoms with van der Waals surface area (Å²) in [7, 11) is 1.82. The van der Waals surface area contributed by atoms with Gasteiger partial charge in [0.05, 0.1) is 0 Å². The highest BCUT2D eigenvalue weighted by Crippen LogP contribution is 2.15. The van der Waals surface area contributed by atoms with Gasteiger partial charge in [0.15, 0.2) is 5.96 Å². The molecule has 1 heterocycles. The van der Waals surface area contributed by atoms with E-state index in [1.165, 1.54) is 10.9 Å². The Balaban J connectivity index is 1.79. The van der Waals surface area contributed by atoms with Crippen LogP contribution in [0.15, 0.2) is 41.5 Å². The summed E-state index contributed by atoms with van der Waals surface area (Å²) in [6.07, 6.45) is 4.33. The first-order chi connectivity index (χ1) is 10.2. The van der Waals surface area contributed by atoms with Gasteiger partial charge in [-0.25, -0.2) is 0 Å².